The minimum Gasteiger partial charge on any atom is -0.481 e. The summed E-state index contributed by atoms with van der Waals surface area (Å²) in [7, 11) is 1.77. The van der Waals surface area contributed by atoms with Gasteiger partial charge in [-0.2, -0.15) is 0 Å². The van der Waals surface area contributed by atoms with E-state index < -0.39 is 17.9 Å². The fraction of sp³-hybridized carbons (Fsp3) is 0.200. The minimum atomic E-state index is -0.989. The monoisotopic (exact) mass is 402 g/mol. The maximum atomic E-state index is 12.9. The van der Waals surface area contributed by atoms with Gasteiger partial charge in [-0.3, -0.25) is 9.59 Å². The van der Waals surface area contributed by atoms with Gasteiger partial charge >= 0.3 is 5.97 Å². The van der Waals surface area contributed by atoms with Gasteiger partial charge in [-0.25, -0.2) is 0 Å². The van der Waals surface area contributed by atoms with E-state index in [9.17, 15) is 14.7 Å². The lowest BCUT2D eigenvalue weighted by atomic mass is 10.0. The number of hydrogen-bond donors (Lipinski definition) is 2. The van der Waals surface area contributed by atoms with Crippen molar-refractivity contribution in [1.29, 1.82) is 0 Å². The van der Waals surface area contributed by atoms with Crippen LogP contribution in [0.3, 0.4) is 0 Å². The quantitative estimate of drug-likeness (QED) is 0.595. The van der Waals surface area contributed by atoms with Crippen molar-refractivity contribution < 1.29 is 14.7 Å². The fourth-order valence-corrected chi connectivity index (χ4v) is 3.87. The number of thioether (sulfide) groups is 1. The number of aryl methyl sites for hydroxylation is 1. The second-order valence-electron chi connectivity index (χ2n) is 6.14. The van der Waals surface area contributed by atoms with E-state index in [2.05, 4.69) is 5.32 Å². The third-order valence-electron chi connectivity index (χ3n) is 4.46. The normalized spacial score (nSPS) is 12.1. The van der Waals surface area contributed by atoms with Crippen LogP contribution in [0.2, 0.25) is 5.02 Å². The van der Waals surface area contributed by atoms with Crippen molar-refractivity contribution in [1.82, 2.24) is 9.88 Å². The van der Waals surface area contributed by atoms with Crippen LogP contribution in [0.5, 0.6) is 0 Å². The van der Waals surface area contributed by atoms with Crippen molar-refractivity contribution in [2.75, 3.05) is 6.26 Å². The second kappa shape index (κ2) is 8.06. The molecule has 0 bridgehead atoms. The van der Waals surface area contributed by atoms with Crippen LogP contribution in [0.15, 0.2) is 53.4 Å². The van der Waals surface area contributed by atoms with E-state index in [4.69, 9.17) is 11.6 Å². The summed E-state index contributed by atoms with van der Waals surface area (Å²) in [6.07, 6.45) is 1.75. The molecule has 1 amide bonds. The molecule has 2 aromatic carbocycles. The summed E-state index contributed by atoms with van der Waals surface area (Å²) in [6.45, 7) is 0. The van der Waals surface area contributed by atoms with E-state index in [1.165, 1.54) is 0 Å². The van der Waals surface area contributed by atoms with Crippen LogP contribution in [0.25, 0.3) is 10.9 Å². The van der Waals surface area contributed by atoms with Gasteiger partial charge in [-0.15, -0.1) is 11.8 Å². The molecule has 1 atom stereocenters. The fourth-order valence-electron chi connectivity index (χ4n) is 3.09. The number of carbonyl (C=O) groups excluding carboxylic acids is 1. The predicted octanol–water partition coefficient (Wildman–Crippen LogP) is 4.50. The Bertz CT molecular complexity index is 959. The Morgan fingerprint density at radius 1 is 1.19 bits per heavy atom. The molecule has 0 aliphatic carbocycles. The Morgan fingerprint density at radius 2 is 1.85 bits per heavy atom. The number of hydrogen-bond acceptors (Lipinski definition) is 3. The molecule has 1 heterocycles. The van der Waals surface area contributed by atoms with Gasteiger partial charge in [-0.1, -0.05) is 41.9 Å². The standard InChI is InChI=1S/C20H19ClN2O3S/c1-23-16-6-4-3-5-14(16)18(21)19(23)20(26)22-15(11-17(24)25)12-7-9-13(27-2)10-8-12/h3-10,15H,11H2,1-2H3,(H,22,26)(H,24,25). The van der Waals surface area contributed by atoms with Gasteiger partial charge in [0.2, 0.25) is 0 Å². The van der Waals surface area contributed by atoms with Gasteiger partial charge in [0.05, 0.1) is 17.5 Å². The molecule has 0 saturated heterocycles. The molecule has 0 aliphatic heterocycles. The molecule has 5 nitrogen and oxygen atoms in total. The number of carboxylic acid groups (broad SMARTS) is 1. The topological polar surface area (TPSA) is 71.3 Å². The summed E-state index contributed by atoms with van der Waals surface area (Å²) < 4.78 is 1.72. The molecule has 140 valence electrons. The minimum absolute atomic E-state index is 0.216. The lowest BCUT2D eigenvalue weighted by Gasteiger charge is -2.18. The number of nitrogens with one attached hydrogen (secondary N) is 1. The van der Waals surface area contributed by atoms with E-state index in [1.54, 1.807) is 23.4 Å². The van der Waals surface area contributed by atoms with Crippen LogP contribution in [0, 0.1) is 0 Å². The van der Waals surface area contributed by atoms with Crippen molar-refractivity contribution >= 4 is 46.1 Å². The van der Waals surface area contributed by atoms with Crippen molar-refractivity contribution in [3.8, 4) is 0 Å². The second-order valence-corrected chi connectivity index (χ2v) is 7.39. The average Bonchev–Trinajstić information content (AvgIpc) is 2.92. The molecule has 27 heavy (non-hydrogen) atoms. The summed E-state index contributed by atoms with van der Waals surface area (Å²) >= 11 is 8.03. The maximum Gasteiger partial charge on any atom is 0.305 e. The maximum absolute atomic E-state index is 12.9. The number of rotatable bonds is 6. The Kier molecular flexibility index (Phi) is 5.77. The number of fused-ring (bicyclic) bond motifs is 1. The zero-order valence-corrected chi connectivity index (χ0v) is 16.5. The number of amides is 1. The Hall–Kier alpha value is -2.44. The Balaban J connectivity index is 1.94. The smallest absolute Gasteiger partial charge is 0.305 e. The first-order valence-electron chi connectivity index (χ1n) is 8.32. The van der Waals surface area contributed by atoms with Gasteiger partial charge in [-0.05, 0) is 30.0 Å². The summed E-state index contributed by atoms with van der Waals surface area (Å²) in [5.41, 5.74) is 1.89. The number of carbonyl (C=O) groups is 2. The number of para-hydroxylation sites is 1. The van der Waals surface area contributed by atoms with E-state index in [0.717, 1.165) is 21.4 Å². The van der Waals surface area contributed by atoms with E-state index >= 15 is 0 Å². The van der Waals surface area contributed by atoms with Crippen LogP contribution >= 0.6 is 23.4 Å². The molecule has 1 aromatic heterocycles. The molecule has 0 radical (unpaired) electrons. The molecular weight excluding hydrogens is 384 g/mol. The SMILES string of the molecule is CSc1ccc(C(CC(=O)O)NC(=O)c2c(Cl)c3ccccc3n2C)cc1. The summed E-state index contributed by atoms with van der Waals surface area (Å²) in [4.78, 5) is 25.3. The molecule has 0 saturated carbocycles. The number of benzene rings is 2. The largest absolute Gasteiger partial charge is 0.481 e. The highest BCUT2D eigenvalue weighted by atomic mass is 35.5. The number of aromatic nitrogens is 1. The first-order valence-corrected chi connectivity index (χ1v) is 9.92. The number of nitrogens with zero attached hydrogens (tertiary/aromatic N) is 1. The van der Waals surface area contributed by atoms with Crippen molar-refractivity contribution in [3.05, 3.63) is 64.8 Å². The highest BCUT2D eigenvalue weighted by Crippen LogP contribution is 2.30. The van der Waals surface area contributed by atoms with E-state index in [1.807, 2.05) is 54.8 Å². The Labute approximate surface area is 166 Å². The average molecular weight is 403 g/mol. The van der Waals surface area contributed by atoms with Crippen LogP contribution in [0.4, 0.5) is 0 Å². The van der Waals surface area contributed by atoms with Gasteiger partial charge in [0.15, 0.2) is 0 Å². The van der Waals surface area contributed by atoms with Gasteiger partial charge in [0, 0.05) is 22.8 Å². The molecular formula is C20H19ClN2O3S. The highest BCUT2D eigenvalue weighted by Gasteiger charge is 2.24. The number of carboxylic acids is 1. The molecule has 7 heteroatoms. The molecule has 0 fully saturated rings. The highest BCUT2D eigenvalue weighted by molar-refractivity contribution is 7.98. The van der Waals surface area contributed by atoms with Gasteiger partial charge in [0.1, 0.15) is 5.69 Å². The number of aliphatic carboxylic acids is 1. The van der Waals surface area contributed by atoms with Gasteiger partial charge in [0.25, 0.3) is 5.91 Å². The zero-order chi connectivity index (χ0) is 19.6. The molecule has 2 N–H and O–H groups in total. The van der Waals surface area contributed by atoms with Crippen LogP contribution < -0.4 is 5.32 Å². The summed E-state index contributed by atoms with van der Waals surface area (Å²) in [6, 6.07) is 14.3. The van der Waals surface area contributed by atoms with Crippen LogP contribution in [0.1, 0.15) is 28.5 Å². The molecule has 3 rings (SSSR count). The lowest BCUT2D eigenvalue weighted by Crippen LogP contribution is -2.31. The summed E-state index contributed by atoms with van der Waals surface area (Å²) in [5.74, 6) is -1.39. The first kappa shape index (κ1) is 19.3. The number of halogens is 1. The predicted molar refractivity (Wildman–Crippen MR) is 109 cm³/mol. The van der Waals surface area contributed by atoms with E-state index in [0.29, 0.717) is 10.7 Å². The molecule has 3 aromatic rings. The first-order chi connectivity index (χ1) is 12.9. The third-order valence-corrected chi connectivity index (χ3v) is 5.59. The molecule has 0 aliphatic rings. The zero-order valence-electron chi connectivity index (χ0n) is 14.9. The molecule has 0 spiro atoms. The van der Waals surface area contributed by atoms with Crippen LogP contribution in [-0.4, -0.2) is 27.8 Å². The molecule has 1 unspecified atom stereocenters. The van der Waals surface area contributed by atoms with Crippen LogP contribution in [-0.2, 0) is 11.8 Å². The van der Waals surface area contributed by atoms with Crippen molar-refractivity contribution in [3.63, 3.8) is 0 Å². The summed E-state index contributed by atoms with van der Waals surface area (Å²) in [5, 5.41) is 13.2. The third kappa shape index (κ3) is 3.96. The van der Waals surface area contributed by atoms with Crippen molar-refractivity contribution in [2.24, 2.45) is 7.05 Å². The van der Waals surface area contributed by atoms with Crippen molar-refractivity contribution in [2.45, 2.75) is 17.4 Å². The van der Waals surface area contributed by atoms with Gasteiger partial charge < -0.3 is 15.0 Å². The lowest BCUT2D eigenvalue weighted by molar-refractivity contribution is -0.137. The van der Waals surface area contributed by atoms with E-state index in [-0.39, 0.29) is 6.42 Å². The Morgan fingerprint density at radius 3 is 2.44 bits per heavy atom.